The number of sulfonamides is 1. The lowest BCUT2D eigenvalue weighted by atomic mass is 10.0. The van der Waals surface area contributed by atoms with Gasteiger partial charge in [0, 0.05) is 30.3 Å². The Morgan fingerprint density at radius 3 is 2.50 bits per heavy atom. The SMILES string of the molecule is CNC(=O)c1c(-c2ccc(F)cc2)oc2cc(N(CCOCCOCc3ccc(Cl)nc3)S(C)(=O)=O)c(C3CC3)cc12. The maximum atomic E-state index is 13.6. The average molecular weight is 616 g/mol. The fraction of sp³-hybridized carbons (Fsp3) is 0.333. The van der Waals surface area contributed by atoms with Gasteiger partial charge in [0.25, 0.3) is 5.91 Å². The molecule has 2 heterocycles. The lowest BCUT2D eigenvalue weighted by Gasteiger charge is -2.25. The molecule has 1 fully saturated rings. The number of nitrogens with one attached hydrogen (secondary N) is 1. The number of rotatable bonds is 13. The van der Waals surface area contributed by atoms with Gasteiger partial charge < -0.3 is 19.2 Å². The summed E-state index contributed by atoms with van der Waals surface area (Å²) in [6.45, 7) is 1.18. The molecular weight excluding hydrogens is 585 g/mol. The molecule has 2 aromatic heterocycles. The monoisotopic (exact) mass is 615 g/mol. The Hall–Kier alpha value is -3.51. The van der Waals surface area contributed by atoms with Gasteiger partial charge >= 0.3 is 0 Å². The number of carbonyl (C=O) groups is 1. The predicted molar refractivity (Wildman–Crippen MR) is 159 cm³/mol. The van der Waals surface area contributed by atoms with Crippen LogP contribution in [0.4, 0.5) is 10.1 Å². The summed E-state index contributed by atoms with van der Waals surface area (Å²) in [6, 6.07) is 12.7. The highest BCUT2D eigenvalue weighted by molar-refractivity contribution is 7.92. The van der Waals surface area contributed by atoms with Gasteiger partial charge in [-0.2, -0.15) is 0 Å². The summed E-state index contributed by atoms with van der Waals surface area (Å²) in [5.74, 6) is -0.324. The molecule has 0 saturated heterocycles. The molecule has 0 unspecified atom stereocenters. The van der Waals surface area contributed by atoms with Crippen LogP contribution in [-0.2, 0) is 26.1 Å². The molecule has 0 atom stereocenters. The zero-order chi connectivity index (χ0) is 29.9. The van der Waals surface area contributed by atoms with Crippen LogP contribution in [0, 0.1) is 5.82 Å². The van der Waals surface area contributed by atoms with Crippen LogP contribution in [0.3, 0.4) is 0 Å². The number of pyridine rings is 1. The number of furan rings is 1. The number of ether oxygens (including phenoxy) is 2. The molecule has 2 aromatic carbocycles. The number of nitrogens with zero attached hydrogens (tertiary/aromatic N) is 2. The summed E-state index contributed by atoms with van der Waals surface area (Å²) in [4.78, 5) is 17.0. The number of halogens is 2. The highest BCUT2D eigenvalue weighted by atomic mass is 35.5. The molecule has 1 amide bonds. The number of benzene rings is 2. The highest BCUT2D eigenvalue weighted by Crippen LogP contribution is 2.48. The van der Waals surface area contributed by atoms with Crippen molar-refractivity contribution in [2.75, 3.05) is 44.0 Å². The van der Waals surface area contributed by atoms with Gasteiger partial charge in [0.1, 0.15) is 22.3 Å². The number of amides is 1. The van der Waals surface area contributed by atoms with Gasteiger partial charge in [0.2, 0.25) is 10.0 Å². The first-order valence-electron chi connectivity index (χ1n) is 13.5. The molecular formula is C30H31ClFN3O6S. The largest absolute Gasteiger partial charge is 0.455 e. The Kier molecular flexibility index (Phi) is 9.12. The van der Waals surface area contributed by atoms with Crippen molar-refractivity contribution in [2.45, 2.75) is 25.4 Å². The number of hydrogen-bond acceptors (Lipinski definition) is 7. The second kappa shape index (κ2) is 12.8. The van der Waals surface area contributed by atoms with Gasteiger partial charge in [0.05, 0.1) is 50.5 Å². The van der Waals surface area contributed by atoms with Crippen molar-refractivity contribution in [1.29, 1.82) is 0 Å². The minimum Gasteiger partial charge on any atom is -0.455 e. The molecule has 1 aliphatic carbocycles. The molecule has 9 nitrogen and oxygen atoms in total. The van der Waals surface area contributed by atoms with Crippen molar-refractivity contribution in [1.82, 2.24) is 10.3 Å². The van der Waals surface area contributed by atoms with E-state index >= 15 is 0 Å². The first-order chi connectivity index (χ1) is 20.2. The highest BCUT2D eigenvalue weighted by Gasteiger charge is 2.33. The normalized spacial score (nSPS) is 13.4. The van der Waals surface area contributed by atoms with E-state index in [9.17, 15) is 17.6 Å². The van der Waals surface area contributed by atoms with Crippen LogP contribution in [0.5, 0.6) is 0 Å². The van der Waals surface area contributed by atoms with E-state index in [1.165, 1.54) is 23.5 Å². The van der Waals surface area contributed by atoms with Crippen molar-refractivity contribution in [3.8, 4) is 11.3 Å². The Morgan fingerprint density at radius 1 is 1.12 bits per heavy atom. The second-order valence-electron chi connectivity index (χ2n) is 10.1. The summed E-state index contributed by atoms with van der Waals surface area (Å²) in [7, 11) is -2.17. The van der Waals surface area contributed by atoms with Crippen molar-refractivity contribution in [3.05, 3.63) is 82.4 Å². The van der Waals surface area contributed by atoms with E-state index in [2.05, 4.69) is 10.3 Å². The zero-order valence-corrected chi connectivity index (χ0v) is 24.8. The average Bonchev–Trinajstić information content (AvgIpc) is 3.74. The molecule has 222 valence electrons. The Morgan fingerprint density at radius 2 is 1.86 bits per heavy atom. The van der Waals surface area contributed by atoms with Crippen molar-refractivity contribution in [3.63, 3.8) is 0 Å². The molecule has 1 saturated carbocycles. The molecule has 1 N–H and O–H groups in total. The van der Waals surface area contributed by atoms with Gasteiger partial charge in [-0.15, -0.1) is 0 Å². The summed E-state index contributed by atoms with van der Waals surface area (Å²) in [6.07, 6.45) is 4.61. The number of fused-ring (bicyclic) bond motifs is 1. The van der Waals surface area contributed by atoms with Crippen LogP contribution in [0.1, 0.15) is 40.2 Å². The molecule has 1 aliphatic rings. The first kappa shape index (κ1) is 30.0. The van der Waals surface area contributed by atoms with Crippen LogP contribution in [0.25, 0.3) is 22.3 Å². The smallest absolute Gasteiger partial charge is 0.255 e. The third-order valence-corrected chi connectivity index (χ3v) is 8.36. The number of anilines is 1. The predicted octanol–water partition coefficient (Wildman–Crippen LogP) is 5.52. The molecule has 42 heavy (non-hydrogen) atoms. The van der Waals surface area contributed by atoms with E-state index in [1.807, 2.05) is 12.1 Å². The van der Waals surface area contributed by atoms with Crippen molar-refractivity contribution >= 4 is 44.2 Å². The number of carbonyl (C=O) groups excluding carboxylic acids is 1. The van der Waals surface area contributed by atoms with Gasteiger partial charge in [0.15, 0.2) is 0 Å². The van der Waals surface area contributed by atoms with Gasteiger partial charge in [-0.1, -0.05) is 17.7 Å². The third-order valence-electron chi connectivity index (χ3n) is 6.95. The second-order valence-corrected chi connectivity index (χ2v) is 12.4. The van der Waals surface area contributed by atoms with Crippen LogP contribution in [0.15, 0.2) is 59.1 Å². The Bertz CT molecular complexity index is 1670. The van der Waals surface area contributed by atoms with E-state index in [1.54, 1.807) is 30.5 Å². The molecule has 12 heteroatoms. The standard InChI is InChI=1S/C30H31ClFN3O6S/c1-33-30(36)28-24-15-23(20-4-5-20)25(16-26(24)41-29(28)21-6-8-22(32)9-7-21)35(42(2,37)38)11-12-39-13-14-40-18-19-3-10-27(31)34-17-19/h3,6-10,15-17,20H,4-5,11-14,18H2,1-2H3,(H,33,36). The summed E-state index contributed by atoms with van der Waals surface area (Å²) < 4.78 is 58.4. The Labute approximate surface area is 248 Å². The summed E-state index contributed by atoms with van der Waals surface area (Å²) in [5.41, 5.74) is 3.40. The van der Waals surface area contributed by atoms with Crippen LogP contribution in [0.2, 0.25) is 5.15 Å². The number of hydrogen-bond donors (Lipinski definition) is 1. The molecule has 0 bridgehead atoms. The lowest BCUT2D eigenvalue weighted by molar-refractivity contribution is 0.0435. The minimum absolute atomic E-state index is 0.0823. The Balaban J connectivity index is 1.37. The van der Waals surface area contributed by atoms with E-state index in [0.29, 0.717) is 46.2 Å². The van der Waals surface area contributed by atoms with E-state index in [-0.39, 0.29) is 37.3 Å². The quantitative estimate of drug-likeness (QED) is 0.156. The van der Waals surface area contributed by atoms with Gasteiger partial charge in [-0.25, -0.2) is 17.8 Å². The minimum atomic E-state index is -3.69. The molecule has 0 radical (unpaired) electrons. The molecule has 0 aliphatic heterocycles. The molecule has 5 rings (SSSR count). The topological polar surface area (TPSA) is 111 Å². The first-order valence-corrected chi connectivity index (χ1v) is 15.7. The third kappa shape index (κ3) is 6.92. The fourth-order valence-electron chi connectivity index (χ4n) is 4.76. The number of aromatic nitrogens is 1. The zero-order valence-electron chi connectivity index (χ0n) is 23.2. The summed E-state index contributed by atoms with van der Waals surface area (Å²) in [5, 5.41) is 3.63. The molecule has 4 aromatic rings. The van der Waals surface area contributed by atoms with Crippen LogP contribution >= 0.6 is 11.6 Å². The maximum absolute atomic E-state index is 13.6. The molecule has 0 spiro atoms. The van der Waals surface area contributed by atoms with Gasteiger partial charge in [-0.3, -0.25) is 9.10 Å². The van der Waals surface area contributed by atoms with Crippen LogP contribution < -0.4 is 9.62 Å². The van der Waals surface area contributed by atoms with Crippen LogP contribution in [-0.4, -0.2) is 59.0 Å². The lowest BCUT2D eigenvalue weighted by Crippen LogP contribution is -2.34. The van der Waals surface area contributed by atoms with Crippen molar-refractivity contribution in [2.24, 2.45) is 0 Å². The van der Waals surface area contributed by atoms with E-state index in [4.69, 9.17) is 25.5 Å². The maximum Gasteiger partial charge on any atom is 0.255 e. The van der Waals surface area contributed by atoms with E-state index < -0.39 is 15.8 Å². The van der Waals surface area contributed by atoms with E-state index in [0.717, 1.165) is 30.2 Å². The fourth-order valence-corrected chi connectivity index (χ4v) is 5.79. The van der Waals surface area contributed by atoms with Crippen molar-refractivity contribution < 1.29 is 31.5 Å². The van der Waals surface area contributed by atoms with Gasteiger partial charge in [-0.05, 0) is 66.3 Å². The summed E-state index contributed by atoms with van der Waals surface area (Å²) >= 11 is 5.80.